The molecule has 22 rings (SSSR count). The van der Waals surface area contributed by atoms with E-state index in [0.29, 0.717) is 0 Å². The Morgan fingerprint density at radius 3 is 0.381 bits per heavy atom. The molecule has 0 aromatic heterocycles. The van der Waals surface area contributed by atoms with Crippen molar-refractivity contribution < 1.29 is 142 Å². The molecule has 0 radical (unpaired) electrons. The van der Waals surface area contributed by atoms with Crippen LogP contribution in [0.25, 0.3) is 0 Å². The average molecular weight is 1230 g/mol. The highest BCUT2D eigenvalue weighted by molar-refractivity contribution is 5.03. The van der Waals surface area contributed by atoms with Crippen molar-refractivity contribution in [2.24, 2.45) is 0 Å². The standard InChI is InChI=1S/C54H96O30/c1-55-19-25-31-37(61-7)43(67-13)49(73-25)80-32-26(20-56-2)75-51(45(69-15)38(32)62-8)82-34-28(22-58-4)77-53(47(71-17)40(34)64-10)84-36-30(24-60-6)78-54(48(72-18)42(36)66-12)83-35-29(23-59-5)76-52(46(70-16)41(35)65-11)81-33-27(21-57-3)74-50(79-31)44(68-14)39(33)63-9/h25-54H,19-24H2,1-18H3/t25-,26-,27-,28-,29-,30-,31-,32-,33-,34-,35-,36-,37+,38+,39+,40+,41+,42+,43-,44-,45-,46-,47-,48-,49-,50-,51-,52-,53-,54-/m1/s1. The van der Waals surface area contributed by atoms with Crippen LogP contribution in [0.15, 0.2) is 0 Å². The molecule has 22 fully saturated rings. The molecule has 0 N–H and O–H groups in total. The van der Waals surface area contributed by atoms with Gasteiger partial charge in [-0.3, -0.25) is 0 Å². The molecule has 0 spiro atoms. The summed E-state index contributed by atoms with van der Waals surface area (Å²) in [4.78, 5) is 0. The highest BCUT2D eigenvalue weighted by Gasteiger charge is 2.61. The van der Waals surface area contributed by atoms with Crippen LogP contribution in [0.3, 0.4) is 0 Å². The molecular weight excluding hydrogens is 1130 g/mol. The van der Waals surface area contributed by atoms with Crippen LogP contribution >= 0.6 is 0 Å². The average Bonchev–Trinajstić information content (AvgIpc) is 1.90. The molecule has 22 saturated heterocycles. The van der Waals surface area contributed by atoms with E-state index in [1.165, 1.54) is 128 Å². The predicted octanol–water partition coefficient (Wildman–Crippen LogP) is -1.28. The minimum atomic E-state index is -1.18. The molecule has 492 valence electrons. The maximum atomic E-state index is 6.98. The Hall–Kier alpha value is -1.20. The monoisotopic (exact) mass is 1220 g/mol. The fraction of sp³-hybridized carbons (Fsp3) is 1.00. The van der Waals surface area contributed by atoms with Gasteiger partial charge in [0, 0.05) is 128 Å². The van der Waals surface area contributed by atoms with Gasteiger partial charge in [0.2, 0.25) is 0 Å². The molecule has 30 heteroatoms. The molecule has 30 nitrogen and oxygen atoms in total. The van der Waals surface area contributed by atoms with Gasteiger partial charge in [0.05, 0.1) is 39.6 Å². The minimum Gasteiger partial charge on any atom is -0.382 e. The Labute approximate surface area is 492 Å². The van der Waals surface area contributed by atoms with Gasteiger partial charge < -0.3 is 142 Å². The quantitative estimate of drug-likeness (QED) is 0.109. The Bertz CT molecular complexity index is 1510. The van der Waals surface area contributed by atoms with Crippen LogP contribution in [0.2, 0.25) is 0 Å². The van der Waals surface area contributed by atoms with Crippen molar-refractivity contribution in [2.75, 3.05) is 168 Å². The molecule has 0 unspecified atom stereocenters. The van der Waals surface area contributed by atoms with E-state index < -0.39 is 184 Å². The lowest BCUT2D eigenvalue weighted by Gasteiger charge is -2.53. The first-order valence-corrected chi connectivity index (χ1v) is 28.0. The molecule has 0 aromatic carbocycles. The second-order valence-electron chi connectivity index (χ2n) is 21.0. The summed E-state index contributed by atoms with van der Waals surface area (Å²) in [6.07, 6.45) is -29.6. The Morgan fingerprint density at radius 1 is 0.167 bits per heavy atom. The summed E-state index contributed by atoms with van der Waals surface area (Å²) >= 11 is 0. The zero-order valence-electron chi connectivity index (χ0n) is 51.8. The van der Waals surface area contributed by atoms with E-state index in [2.05, 4.69) is 0 Å². The van der Waals surface area contributed by atoms with Crippen molar-refractivity contribution in [1.82, 2.24) is 0 Å². The van der Waals surface area contributed by atoms with Crippen LogP contribution < -0.4 is 0 Å². The summed E-state index contributed by atoms with van der Waals surface area (Å²) in [5.74, 6) is 0. The zero-order valence-corrected chi connectivity index (χ0v) is 51.8. The van der Waals surface area contributed by atoms with Gasteiger partial charge in [-0.1, -0.05) is 0 Å². The van der Waals surface area contributed by atoms with E-state index in [4.69, 9.17) is 142 Å². The Balaban J connectivity index is 1.35. The third-order valence-corrected chi connectivity index (χ3v) is 16.5. The summed E-state index contributed by atoms with van der Waals surface area (Å²) in [6, 6.07) is 0. The summed E-state index contributed by atoms with van der Waals surface area (Å²) in [5.41, 5.74) is 0. The van der Waals surface area contributed by atoms with Crippen molar-refractivity contribution >= 4 is 0 Å². The van der Waals surface area contributed by atoms with E-state index in [0.717, 1.165) is 0 Å². The fourth-order valence-corrected chi connectivity index (χ4v) is 12.7. The number of methoxy groups -OCH3 is 18. The predicted molar refractivity (Wildman–Crippen MR) is 282 cm³/mol. The maximum Gasteiger partial charge on any atom is 0.187 e. The second kappa shape index (κ2) is 34.3. The molecule has 22 aliphatic rings. The number of rotatable bonds is 24. The zero-order chi connectivity index (χ0) is 60.8. The van der Waals surface area contributed by atoms with Gasteiger partial charge in [-0.05, 0) is 0 Å². The normalized spacial score (nSPS) is 46.1. The van der Waals surface area contributed by atoms with Gasteiger partial charge in [0.1, 0.15) is 146 Å². The Kier molecular flexibility index (Phi) is 28.7. The van der Waals surface area contributed by atoms with Crippen molar-refractivity contribution in [3.05, 3.63) is 0 Å². The summed E-state index contributed by atoms with van der Waals surface area (Å²) < 4.78 is 192. The van der Waals surface area contributed by atoms with E-state index >= 15 is 0 Å². The molecule has 0 aliphatic carbocycles. The minimum absolute atomic E-state index is 0.00790. The largest absolute Gasteiger partial charge is 0.382 e. The fourth-order valence-electron chi connectivity index (χ4n) is 12.7. The van der Waals surface area contributed by atoms with Crippen LogP contribution in [0.1, 0.15) is 0 Å². The molecule has 0 aromatic rings. The van der Waals surface area contributed by atoms with Gasteiger partial charge in [-0.2, -0.15) is 0 Å². The molecular formula is C54H96O30. The van der Waals surface area contributed by atoms with Crippen molar-refractivity contribution in [1.29, 1.82) is 0 Å². The van der Waals surface area contributed by atoms with Crippen molar-refractivity contribution in [2.45, 2.75) is 184 Å². The van der Waals surface area contributed by atoms with Crippen LogP contribution in [0.4, 0.5) is 0 Å². The van der Waals surface area contributed by atoms with Crippen LogP contribution in [0, 0.1) is 0 Å². The number of ether oxygens (including phenoxy) is 30. The second-order valence-corrected chi connectivity index (χ2v) is 21.0. The molecule has 84 heavy (non-hydrogen) atoms. The highest BCUT2D eigenvalue weighted by atomic mass is 16.8. The topological polar surface area (TPSA) is 277 Å². The summed E-state index contributed by atoms with van der Waals surface area (Å²) in [7, 11) is 27.3. The van der Waals surface area contributed by atoms with Crippen LogP contribution in [-0.4, -0.2) is 352 Å². The summed E-state index contributed by atoms with van der Waals surface area (Å²) in [5, 5.41) is 0. The highest BCUT2D eigenvalue weighted by Crippen LogP contribution is 2.42. The van der Waals surface area contributed by atoms with Gasteiger partial charge in [0.25, 0.3) is 0 Å². The SMILES string of the molecule is COC[C@H]1O[C@@H]2O[C@H]3[C@H](OC)[C@@H](OC)[C@@H](O[C@H]4[C@H](OC)[C@@H](OC)[C@@H](O[C@H]5[C@H](OC)[C@@H](OC)[C@@H](O[C@H]6[C@H](OC)[C@@H](OC)[C@@H](O[C@H]7[C@H](OC)[C@@H](OC)[C@@H](O[C@H]1[C@H](OC)[C@H]2OC)O[C@@H]7COC)O[C@@H]6COC)O[C@@H]5COC)O[C@@H]4COC)O[C@@H]3COC. The third kappa shape index (κ3) is 15.1. The van der Waals surface area contributed by atoms with E-state index in [1.807, 2.05) is 0 Å². The smallest absolute Gasteiger partial charge is 0.187 e. The number of hydrogen-bond acceptors (Lipinski definition) is 30. The van der Waals surface area contributed by atoms with Crippen molar-refractivity contribution in [3.8, 4) is 0 Å². The molecule has 22 aliphatic heterocycles. The van der Waals surface area contributed by atoms with Crippen molar-refractivity contribution in [3.63, 3.8) is 0 Å². The lowest BCUT2D eigenvalue weighted by molar-refractivity contribution is -0.410. The van der Waals surface area contributed by atoms with Gasteiger partial charge in [0.15, 0.2) is 37.7 Å². The van der Waals surface area contributed by atoms with Gasteiger partial charge in [-0.25, -0.2) is 0 Å². The van der Waals surface area contributed by atoms with E-state index in [1.54, 1.807) is 0 Å². The first-order chi connectivity index (χ1) is 40.9. The lowest BCUT2D eigenvalue weighted by atomic mass is 9.94. The molecule has 0 saturated carbocycles. The summed E-state index contributed by atoms with van der Waals surface area (Å²) in [6.45, 7) is -0.0474. The maximum absolute atomic E-state index is 6.98. The molecule has 30 atom stereocenters. The Morgan fingerprint density at radius 2 is 0.286 bits per heavy atom. The van der Waals surface area contributed by atoms with E-state index in [9.17, 15) is 0 Å². The van der Waals surface area contributed by atoms with Gasteiger partial charge in [-0.15, -0.1) is 0 Å². The molecule has 22 heterocycles. The molecule has 0 amide bonds. The first kappa shape index (κ1) is 70.3. The van der Waals surface area contributed by atoms with Crippen LogP contribution in [-0.2, 0) is 142 Å². The molecule has 12 bridgehead atoms. The third-order valence-electron chi connectivity index (χ3n) is 16.5. The van der Waals surface area contributed by atoms with Crippen LogP contribution in [0.5, 0.6) is 0 Å². The lowest BCUT2D eigenvalue weighted by Crippen LogP contribution is -2.70. The number of hydrogen-bond donors (Lipinski definition) is 0. The first-order valence-electron chi connectivity index (χ1n) is 28.0. The van der Waals surface area contributed by atoms with Gasteiger partial charge >= 0.3 is 0 Å². The van der Waals surface area contributed by atoms with E-state index in [-0.39, 0.29) is 39.6 Å².